The highest BCUT2D eigenvalue weighted by molar-refractivity contribution is 7.87. The maximum Gasteiger partial charge on any atom is 0.469 e. The molecule has 0 aliphatic rings. The Hall–Kier alpha value is -1.05. The van der Waals surface area contributed by atoms with Crippen LogP contribution in [0.3, 0.4) is 0 Å². The van der Waals surface area contributed by atoms with E-state index in [-0.39, 0.29) is 0 Å². The highest BCUT2D eigenvalue weighted by Crippen LogP contribution is 2.55. The van der Waals surface area contributed by atoms with Crippen LogP contribution < -0.4 is 0 Å². The summed E-state index contributed by atoms with van der Waals surface area (Å²) in [6.07, 6.45) is -7.75. The fraction of sp³-hybridized carbons (Fsp3) is 1.00. The summed E-state index contributed by atoms with van der Waals surface area (Å²) in [7, 11) is -16.3. The van der Waals surface area contributed by atoms with Gasteiger partial charge in [-0.3, -0.25) is 0 Å². The second-order valence-corrected chi connectivity index (χ2v) is 6.57. The van der Waals surface area contributed by atoms with Crippen LogP contribution in [0, 0.1) is 0 Å². The third-order valence-corrected chi connectivity index (χ3v) is 3.84. The first-order valence-corrected chi connectivity index (χ1v) is 7.40. The number of hydrogen-bond acceptors (Lipinski definition) is 5. The van der Waals surface area contributed by atoms with Gasteiger partial charge in [0.15, 0.2) is 0 Å². The van der Waals surface area contributed by atoms with Gasteiger partial charge in [0.05, 0.1) is 0 Å². The summed E-state index contributed by atoms with van der Waals surface area (Å²) in [5.74, 6) is 0. The van der Waals surface area contributed by atoms with Gasteiger partial charge in [0, 0.05) is 0 Å². The predicted molar refractivity (Wildman–Crippen MR) is 47.7 cm³/mol. The number of halogens is 13. The molecule has 25 heavy (non-hydrogen) atoms. The number of rotatable bonds is 6. The molecule has 152 valence electrons. The smallest absolute Gasteiger partial charge is 0.188 e. The lowest BCUT2D eigenvalue weighted by Crippen LogP contribution is -2.71. The van der Waals surface area contributed by atoms with Crippen molar-refractivity contribution in [2.75, 3.05) is 0 Å². The van der Waals surface area contributed by atoms with Crippen molar-refractivity contribution in [3.8, 4) is 0 Å². The van der Waals surface area contributed by atoms with Gasteiger partial charge in [-0.2, -0.15) is 65.1 Å². The average Bonchev–Trinajstić information content (AvgIpc) is 2.21. The summed E-state index contributed by atoms with van der Waals surface area (Å²) in [6, 6.07) is -16.1. The lowest BCUT2D eigenvalue weighted by molar-refractivity contribution is -0.452. The minimum Gasteiger partial charge on any atom is -0.188 e. The van der Waals surface area contributed by atoms with E-state index in [2.05, 4.69) is 0 Å². The molecular weight excluding hydrogens is 449 g/mol. The van der Waals surface area contributed by atoms with Gasteiger partial charge in [-0.15, -0.1) is 0 Å². The van der Waals surface area contributed by atoms with Crippen molar-refractivity contribution in [3.05, 3.63) is 0 Å². The van der Waals surface area contributed by atoms with Crippen LogP contribution in [0.2, 0.25) is 0 Å². The number of hydrogen-bond donors (Lipinski definition) is 0. The van der Waals surface area contributed by atoms with Gasteiger partial charge in [-0.25, -0.2) is 0 Å². The molecule has 0 fully saturated rings. The molecule has 0 atom stereocenters. The van der Waals surface area contributed by atoms with Crippen molar-refractivity contribution in [1.29, 1.82) is 0 Å². The predicted octanol–water partition coefficient (Wildman–Crippen LogP) is 2.78. The van der Waals surface area contributed by atoms with Crippen LogP contribution in [0.25, 0.3) is 0 Å². The Labute approximate surface area is 128 Å². The van der Waals surface area contributed by atoms with Crippen LogP contribution in [0.4, 0.5) is 56.1 Å². The van der Waals surface area contributed by atoms with Gasteiger partial charge in [-0.1, -0.05) is 12.7 Å². The van der Waals surface area contributed by atoms with Crippen molar-refractivity contribution in [2.24, 2.45) is 0 Å². The lowest BCUT2D eigenvalue weighted by Gasteiger charge is -2.40. The molecule has 0 aromatic rings. The summed E-state index contributed by atoms with van der Waals surface area (Å²) in [5, 5.41) is -15.5. The highest BCUT2D eigenvalue weighted by Gasteiger charge is 2.85. The van der Waals surface area contributed by atoms with Gasteiger partial charge >= 0.3 is 49.3 Å². The monoisotopic (exact) mass is 449 g/mol. The molecule has 0 bridgehead atoms. The van der Waals surface area contributed by atoms with E-state index < -0.39 is 54.2 Å². The average molecular weight is 449 g/mol. The maximum atomic E-state index is 13.0. The van der Waals surface area contributed by atoms with E-state index in [0.29, 0.717) is 0 Å². The van der Waals surface area contributed by atoms with E-state index in [4.69, 9.17) is 0 Å². The Bertz CT molecular complexity index is 666. The summed E-state index contributed by atoms with van der Waals surface area (Å²) in [5.41, 5.74) is 0. The van der Waals surface area contributed by atoms with Gasteiger partial charge in [0.25, 0.3) is 0 Å². The van der Waals surface area contributed by atoms with Gasteiger partial charge < -0.3 is 0 Å². The van der Waals surface area contributed by atoms with E-state index in [0.717, 1.165) is 0 Å². The van der Waals surface area contributed by atoms with Crippen LogP contribution >= 0.6 is 0 Å². The molecule has 0 heterocycles. The molecule has 0 amide bonds. The van der Waals surface area contributed by atoms with Gasteiger partial charge in [0.2, 0.25) is 0 Å². The Kier molecular flexibility index (Phi) is 5.48. The molecule has 0 N–H and O–H groups in total. The molecular formula is C5F13NO4S2. The Morgan fingerprint density at radius 2 is 0.720 bits per heavy atom. The first-order chi connectivity index (χ1) is 10.4. The Morgan fingerprint density at radius 1 is 0.520 bits per heavy atom. The molecule has 0 radical (unpaired) electrons. The molecule has 0 aliphatic carbocycles. The van der Waals surface area contributed by atoms with Crippen molar-refractivity contribution in [1.82, 2.24) is 4.90 Å². The molecule has 5 nitrogen and oxygen atoms in total. The highest BCUT2D eigenvalue weighted by atomic mass is 32.3. The van der Waals surface area contributed by atoms with Crippen LogP contribution in [-0.2, 0) is 20.4 Å². The first-order valence-electron chi connectivity index (χ1n) is 4.63. The van der Waals surface area contributed by atoms with E-state index in [1.165, 1.54) is 0 Å². The third-order valence-electron chi connectivity index (χ3n) is 2.13. The lowest BCUT2D eigenvalue weighted by atomic mass is 10.4. The van der Waals surface area contributed by atoms with Gasteiger partial charge in [0.1, 0.15) is 0 Å². The third kappa shape index (κ3) is 3.59. The normalized spacial score (nSPS) is 16.4. The van der Waals surface area contributed by atoms with E-state index in [9.17, 15) is 72.9 Å². The van der Waals surface area contributed by atoms with Crippen LogP contribution in [0.1, 0.15) is 0 Å². The summed E-state index contributed by atoms with van der Waals surface area (Å²) < 4.78 is 202. The number of alkyl halides is 11. The largest absolute Gasteiger partial charge is 0.469 e. The van der Waals surface area contributed by atoms with Gasteiger partial charge in [-0.05, 0) is 0 Å². The standard InChI is InChI=1S/C5F13NO4S2/c6-1(7,3(10,11)24(17,20)21)19(5(14,15)16)2(8,9)4(12,13)25(18,22)23. The van der Waals surface area contributed by atoms with Crippen LogP contribution in [0.5, 0.6) is 0 Å². The first kappa shape index (κ1) is 23.9. The molecule has 0 aromatic heterocycles. The van der Waals surface area contributed by atoms with Crippen LogP contribution in [0.15, 0.2) is 0 Å². The summed E-state index contributed by atoms with van der Waals surface area (Å²) in [6.45, 7) is 0. The molecule has 0 aliphatic heterocycles. The topological polar surface area (TPSA) is 71.5 Å². The zero-order valence-electron chi connectivity index (χ0n) is 10.3. The van der Waals surface area contributed by atoms with Crippen molar-refractivity contribution >= 4 is 20.4 Å². The quantitative estimate of drug-likeness (QED) is 0.355. The molecule has 20 heteroatoms. The van der Waals surface area contributed by atoms with Crippen molar-refractivity contribution < 1.29 is 72.9 Å². The molecule has 0 aromatic carbocycles. The summed E-state index contributed by atoms with van der Waals surface area (Å²) >= 11 is 0. The molecule has 0 rings (SSSR count). The van der Waals surface area contributed by atoms with Crippen LogP contribution in [-0.4, -0.2) is 50.6 Å². The van der Waals surface area contributed by atoms with Crippen molar-refractivity contribution in [2.45, 2.75) is 28.9 Å². The maximum absolute atomic E-state index is 13.0. The SMILES string of the molecule is O=S(=O)(F)C(F)(F)C(F)(F)N(C(F)(F)F)C(F)(F)C(F)(F)S(=O)(=O)F. The zero-order valence-corrected chi connectivity index (χ0v) is 11.9. The molecule has 0 saturated carbocycles. The summed E-state index contributed by atoms with van der Waals surface area (Å²) in [4.78, 5) is -4.58. The molecule has 0 saturated heterocycles. The second kappa shape index (κ2) is 5.72. The zero-order chi connectivity index (χ0) is 21.1. The van der Waals surface area contributed by atoms with E-state index in [1.54, 1.807) is 0 Å². The second-order valence-electron chi connectivity index (χ2n) is 3.79. The van der Waals surface area contributed by atoms with E-state index in [1.807, 2.05) is 0 Å². The fourth-order valence-electron chi connectivity index (χ4n) is 1.05. The van der Waals surface area contributed by atoms with Crippen molar-refractivity contribution in [3.63, 3.8) is 0 Å². The van der Waals surface area contributed by atoms with E-state index >= 15 is 0 Å². The fourth-order valence-corrected chi connectivity index (χ4v) is 1.82. The Balaban J connectivity index is 6.92. The minimum absolute atomic E-state index is 4.58. The molecule has 0 unspecified atom stereocenters. The number of nitrogens with zero attached hydrogens (tertiary/aromatic N) is 1. The minimum atomic E-state index is -8.15. The Morgan fingerprint density at radius 3 is 0.840 bits per heavy atom. The molecule has 0 spiro atoms.